The Labute approximate surface area is 75.0 Å². The lowest BCUT2D eigenvalue weighted by molar-refractivity contribution is 0.881. The molecule has 5 heteroatoms. The summed E-state index contributed by atoms with van der Waals surface area (Å²) in [5, 5.41) is 13.7. The zero-order valence-electron chi connectivity index (χ0n) is 7.15. The average Bonchev–Trinajstić information content (AvgIpc) is 2.62. The molecule has 1 heterocycles. The van der Waals surface area contributed by atoms with Crippen LogP contribution in [0.5, 0.6) is 0 Å². The van der Waals surface area contributed by atoms with Crippen LogP contribution >= 0.6 is 0 Å². The van der Waals surface area contributed by atoms with E-state index in [0.29, 0.717) is 5.82 Å². The minimum atomic E-state index is 0.574. The van der Waals surface area contributed by atoms with Gasteiger partial charge in [0, 0.05) is 11.3 Å². The predicted octanol–water partition coefficient (Wildman–Crippen LogP) is 0.757. The van der Waals surface area contributed by atoms with Gasteiger partial charge in [0.25, 0.3) is 0 Å². The van der Waals surface area contributed by atoms with Gasteiger partial charge in [0.1, 0.15) is 0 Å². The molecule has 0 atom stereocenters. The Morgan fingerprint density at radius 2 is 2.23 bits per heavy atom. The highest BCUT2D eigenvalue weighted by molar-refractivity contribution is 5.67. The molecule has 0 radical (unpaired) electrons. The lowest BCUT2D eigenvalue weighted by Gasteiger charge is -2.02. The summed E-state index contributed by atoms with van der Waals surface area (Å²) in [6, 6.07) is 5.63. The van der Waals surface area contributed by atoms with Gasteiger partial charge in [-0.05, 0) is 23.8 Å². The van der Waals surface area contributed by atoms with E-state index < -0.39 is 0 Å². The fourth-order valence-electron chi connectivity index (χ4n) is 1.17. The van der Waals surface area contributed by atoms with E-state index in [2.05, 4.69) is 20.6 Å². The molecule has 13 heavy (non-hydrogen) atoms. The molecule has 2 aromatic rings. The largest absolute Gasteiger partial charge is 0.398 e. The summed E-state index contributed by atoms with van der Waals surface area (Å²) in [7, 11) is 0. The Kier molecular flexibility index (Phi) is 1.70. The highest BCUT2D eigenvalue weighted by atomic mass is 15.5. The summed E-state index contributed by atoms with van der Waals surface area (Å²) < 4.78 is 0. The highest BCUT2D eigenvalue weighted by Crippen LogP contribution is 2.22. The van der Waals surface area contributed by atoms with Gasteiger partial charge in [-0.15, -0.1) is 10.2 Å². The molecule has 0 aliphatic rings. The number of anilines is 1. The molecule has 0 spiro atoms. The first-order valence-corrected chi connectivity index (χ1v) is 3.88. The van der Waals surface area contributed by atoms with Gasteiger partial charge < -0.3 is 5.73 Å². The number of nitrogen functional groups attached to an aromatic ring is 1. The van der Waals surface area contributed by atoms with Crippen LogP contribution in [0.1, 0.15) is 5.56 Å². The smallest absolute Gasteiger partial charge is 0.205 e. The number of hydrogen-bond acceptors (Lipinski definition) is 4. The van der Waals surface area contributed by atoms with Crippen LogP contribution in [0.2, 0.25) is 0 Å². The molecule has 0 aliphatic carbocycles. The van der Waals surface area contributed by atoms with E-state index in [9.17, 15) is 0 Å². The normalized spacial score (nSPS) is 10.2. The van der Waals surface area contributed by atoms with Gasteiger partial charge in [-0.2, -0.15) is 5.21 Å². The minimum absolute atomic E-state index is 0.574. The van der Waals surface area contributed by atoms with Gasteiger partial charge in [-0.3, -0.25) is 0 Å². The van der Waals surface area contributed by atoms with E-state index in [1.54, 1.807) is 0 Å². The number of H-pyrrole nitrogens is 1. The number of nitrogens with zero attached hydrogens (tertiary/aromatic N) is 3. The van der Waals surface area contributed by atoms with Crippen LogP contribution in [-0.4, -0.2) is 20.6 Å². The Morgan fingerprint density at radius 3 is 2.92 bits per heavy atom. The molecule has 0 fully saturated rings. The number of aromatic nitrogens is 4. The molecule has 2 rings (SSSR count). The summed E-state index contributed by atoms with van der Waals surface area (Å²) in [4.78, 5) is 0. The number of hydrogen-bond donors (Lipinski definition) is 2. The second-order valence-electron chi connectivity index (χ2n) is 2.76. The zero-order chi connectivity index (χ0) is 9.26. The van der Waals surface area contributed by atoms with Gasteiger partial charge in [-0.1, -0.05) is 12.1 Å². The van der Waals surface area contributed by atoms with Crippen LogP contribution < -0.4 is 5.73 Å². The second kappa shape index (κ2) is 2.85. The van der Waals surface area contributed by atoms with E-state index in [4.69, 9.17) is 5.73 Å². The zero-order valence-corrected chi connectivity index (χ0v) is 7.15. The molecule has 0 saturated carbocycles. The lowest BCUT2D eigenvalue weighted by Crippen LogP contribution is -1.92. The number of aromatic amines is 1. The summed E-state index contributed by atoms with van der Waals surface area (Å²) in [5.74, 6) is 0.574. The van der Waals surface area contributed by atoms with Crippen molar-refractivity contribution in [3.63, 3.8) is 0 Å². The third-order valence-corrected chi connectivity index (χ3v) is 1.96. The highest BCUT2D eigenvalue weighted by Gasteiger charge is 2.07. The molecule has 1 aromatic heterocycles. The van der Waals surface area contributed by atoms with Gasteiger partial charge in [0.2, 0.25) is 5.82 Å². The average molecular weight is 175 g/mol. The summed E-state index contributed by atoms with van der Waals surface area (Å²) in [6.45, 7) is 1.93. The van der Waals surface area contributed by atoms with Crippen LogP contribution in [-0.2, 0) is 0 Å². The Morgan fingerprint density at radius 1 is 1.38 bits per heavy atom. The number of tetrazole rings is 1. The van der Waals surface area contributed by atoms with Crippen LogP contribution in [0.4, 0.5) is 5.69 Å². The maximum atomic E-state index is 5.74. The van der Waals surface area contributed by atoms with Crippen molar-refractivity contribution in [3.05, 3.63) is 23.8 Å². The minimum Gasteiger partial charge on any atom is -0.398 e. The van der Waals surface area contributed by atoms with Crippen LogP contribution in [0.25, 0.3) is 11.4 Å². The quantitative estimate of drug-likeness (QED) is 0.627. The van der Waals surface area contributed by atoms with Gasteiger partial charge in [0.15, 0.2) is 0 Å². The first kappa shape index (κ1) is 7.72. The van der Waals surface area contributed by atoms with Crippen molar-refractivity contribution in [3.8, 4) is 11.4 Å². The van der Waals surface area contributed by atoms with E-state index in [1.165, 1.54) is 0 Å². The van der Waals surface area contributed by atoms with E-state index in [0.717, 1.165) is 16.8 Å². The molecule has 1 aromatic carbocycles. The van der Waals surface area contributed by atoms with Crippen molar-refractivity contribution < 1.29 is 0 Å². The summed E-state index contributed by atoms with van der Waals surface area (Å²) in [6.07, 6.45) is 0. The van der Waals surface area contributed by atoms with E-state index in [1.807, 2.05) is 25.1 Å². The number of nitrogens with two attached hydrogens (primary N) is 1. The molecule has 0 amide bonds. The Balaban J connectivity index is 2.59. The maximum Gasteiger partial charge on any atom is 0.205 e. The van der Waals surface area contributed by atoms with Crippen LogP contribution in [0, 0.1) is 6.92 Å². The van der Waals surface area contributed by atoms with E-state index in [-0.39, 0.29) is 0 Å². The molecule has 0 saturated heterocycles. The van der Waals surface area contributed by atoms with Crippen LogP contribution in [0.15, 0.2) is 18.2 Å². The van der Waals surface area contributed by atoms with Gasteiger partial charge >= 0.3 is 0 Å². The second-order valence-corrected chi connectivity index (χ2v) is 2.76. The lowest BCUT2D eigenvalue weighted by atomic mass is 10.1. The Bertz CT molecular complexity index is 406. The Hall–Kier alpha value is -1.91. The standard InChI is InChI=1S/C8H9N5/c1-5-6(3-2-4-7(5)9)8-10-12-13-11-8/h2-4H,9H2,1H3,(H,10,11,12,13). The maximum absolute atomic E-state index is 5.74. The molecular formula is C8H9N5. The van der Waals surface area contributed by atoms with Gasteiger partial charge in [0.05, 0.1) is 0 Å². The fourth-order valence-corrected chi connectivity index (χ4v) is 1.17. The van der Waals surface area contributed by atoms with Crippen molar-refractivity contribution in [2.24, 2.45) is 0 Å². The number of nitrogens with one attached hydrogen (secondary N) is 1. The fraction of sp³-hybridized carbons (Fsp3) is 0.125. The summed E-state index contributed by atoms with van der Waals surface area (Å²) in [5.41, 5.74) is 8.37. The van der Waals surface area contributed by atoms with Gasteiger partial charge in [-0.25, -0.2) is 0 Å². The molecule has 5 nitrogen and oxygen atoms in total. The molecule has 0 bridgehead atoms. The van der Waals surface area contributed by atoms with Crippen molar-refractivity contribution >= 4 is 5.69 Å². The topological polar surface area (TPSA) is 80.5 Å². The monoisotopic (exact) mass is 175 g/mol. The molecular weight excluding hydrogens is 166 g/mol. The molecule has 0 unspecified atom stereocenters. The first-order valence-electron chi connectivity index (χ1n) is 3.88. The predicted molar refractivity (Wildman–Crippen MR) is 48.8 cm³/mol. The van der Waals surface area contributed by atoms with Crippen LogP contribution in [0.3, 0.4) is 0 Å². The van der Waals surface area contributed by atoms with Crippen molar-refractivity contribution in [1.82, 2.24) is 20.6 Å². The third kappa shape index (κ3) is 1.24. The van der Waals surface area contributed by atoms with E-state index >= 15 is 0 Å². The molecule has 66 valence electrons. The third-order valence-electron chi connectivity index (χ3n) is 1.96. The summed E-state index contributed by atoms with van der Waals surface area (Å²) >= 11 is 0. The number of benzene rings is 1. The molecule has 0 aliphatic heterocycles. The first-order chi connectivity index (χ1) is 6.29. The molecule has 3 N–H and O–H groups in total. The number of rotatable bonds is 1. The van der Waals surface area contributed by atoms with Crippen molar-refractivity contribution in [2.45, 2.75) is 6.92 Å². The van der Waals surface area contributed by atoms with Crippen molar-refractivity contribution in [2.75, 3.05) is 5.73 Å². The van der Waals surface area contributed by atoms with Crippen molar-refractivity contribution in [1.29, 1.82) is 0 Å². The SMILES string of the molecule is Cc1c(N)cccc1-c1nn[nH]n1.